The Labute approximate surface area is 141 Å². The molecule has 2 fully saturated rings. The summed E-state index contributed by atoms with van der Waals surface area (Å²) in [7, 11) is 0. The van der Waals surface area contributed by atoms with E-state index in [2.05, 4.69) is 34.9 Å². The van der Waals surface area contributed by atoms with Crippen LogP contribution in [-0.2, 0) is 9.59 Å². The zero-order valence-corrected chi connectivity index (χ0v) is 13.8. The van der Waals surface area contributed by atoms with E-state index >= 15 is 0 Å². The van der Waals surface area contributed by atoms with E-state index < -0.39 is 0 Å². The van der Waals surface area contributed by atoms with Crippen molar-refractivity contribution < 1.29 is 9.59 Å². The third kappa shape index (κ3) is 2.51. The smallest absolute Gasteiger partial charge is 0.270 e. The summed E-state index contributed by atoms with van der Waals surface area (Å²) < 4.78 is 0. The van der Waals surface area contributed by atoms with Gasteiger partial charge in [-0.05, 0) is 24.0 Å². The molecule has 3 heterocycles. The molecule has 24 heavy (non-hydrogen) atoms. The highest BCUT2D eigenvalue weighted by Gasteiger charge is 2.47. The minimum Gasteiger partial charge on any atom is -0.330 e. The summed E-state index contributed by atoms with van der Waals surface area (Å²) >= 11 is 0. The first kappa shape index (κ1) is 15.3. The molecule has 0 saturated carbocycles. The molecule has 3 aliphatic rings. The normalized spacial score (nSPS) is 29.2. The number of carbonyl (C=O) groups excluding carboxylic acids is 2. The fourth-order valence-corrected chi connectivity index (χ4v) is 4.24. The summed E-state index contributed by atoms with van der Waals surface area (Å²) in [5.41, 5.74) is 5.35. The van der Waals surface area contributed by atoms with Crippen LogP contribution >= 0.6 is 0 Å². The van der Waals surface area contributed by atoms with Crippen LogP contribution in [0.2, 0.25) is 0 Å². The van der Waals surface area contributed by atoms with E-state index in [4.69, 9.17) is 0 Å². The highest BCUT2D eigenvalue weighted by atomic mass is 16.2. The number of hydrazone groups is 1. The van der Waals surface area contributed by atoms with E-state index in [1.54, 1.807) is 0 Å². The van der Waals surface area contributed by atoms with Crippen LogP contribution in [0.3, 0.4) is 0 Å². The summed E-state index contributed by atoms with van der Waals surface area (Å²) in [4.78, 5) is 26.3. The number of carbonyl (C=O) groups is 2. The van der Waals surface area contributed by atoms with Gasteiger partial charge in [-0.25, -0.2) is 5.43 Å². The van der Waals surface area contributed by atoms with Gasteiger partial charge in [0.25, 0.3) is 5.91 Å². The lowest BCUT2D eigenvalue weighted by Gasteiger charge is -2.30. The van der Waals surface area contributed by atoms with Gasteiger partial charge >= 0.3 is 0 Å². The fourth-order valence-electron chi connectivity index (χ4n) is 4.24. The molecule has 1 aromatic carbocycles. The summed E-state index contributed by atoms with van der Waals surface area (Å²) in [5, 5.41) is 7.47. The molecule has 3 aliphatic heterocycles. The van der Waals surface area contributed by atoms with Crippen molar-refractivity contribution in [1.82, 2.24) is 15.6 Å². The first-order chi connectivity index (χ1) is 11.6. The lowest BCUT2D eigenvalue weighted by Crippen LogP contribution is -2.41. The van der Waals surface area contributed by atoms with Crippen LogP contribution in [0, 0.1) is 18.8 Å². The molecule has 2 amide bonds. The van der Waals surface area contributed by atoms with E-state index in [9.17, 15) is 9.59 Å². The quantitative estimate of drug-likeness (QED) is 0.851. The summed E-state index contributed by atoms with van der Waals surface area (Å²) in [6, 6.07) is 8.39. The van der Waals surface area contributed by atoms with Crippen molar-refractivity contribution in [2.24, 2.45) is 16.9 Å². The van der Waals surface area contributed by atoms with Gasteiger partial charge in [-0.3, -0.25) is 9.59 Å². The Morgan fingerprint density at radius 1 is 1.25 bits per heavy atom. The van der Waals surface area contributed by atoms with Gasteiger partial charge in [-0.15, -0.1) is 0 Å². The summed E-state index contributed by atoms with van der Waals surface area (Å²) in [6.45, 7) is 4.76. The largest absolute Gasteiger partial charge is 0.330 e. The molecule has 126 valence electrons. The highest BCUT2D eigenvalue weighted by molar-refractivity contribution is 6.39. The highest BCUT2D eigenvalue weighted by Crippen LogP contribution is 2.43. The molecule has 2 saturated heterocycles. The van der Waals surface area contributed by atoms with Crippen molar-refractivity contribution in [3.05, 3.63) is 35.4 Å². The second-order valence-corrected chi connectivity index (χ2v) is 6.93. The fraction of sp³-hybridized carbons (Fsp3) is 0.500. The topological polar surface area (TPSA) is 73.8 Å². The third-order valence-corrected chi connectivity index (χ3v) is 5.48. The van der Waals surface area contributed by atoms with Crippen LogP contribution < -0.4 is 10.7 Å². The van der Waals surface area contributed by atoms with Crippen LogP contribution in [0.1, 0.15) is 30.0 Å². The number of benzene rings is 1. The van der Waals surface area contributed by atoms with Crippen LogP contribution in [0.15, 0.2) is 29.4 Å². The molecule has 1 aromatic rings. The Hall–Kier alpha value is -2.21. The molecular weight excluding hydrogens is 304 g/mol. The standard InChI is InChI=1S/C18H22N4O2/c1-11-4-2-3-5-13(11)17-14-9-19-8-12(14)10-22(17)18(24)15-6-7-16(23)21-20-15/h2-5,12,14,17,19H,6-10H2,1H3,(H,21,23)/t12-,14-,17+/m0/s1. The number of hydrogen-bond acceptors (Lipinski definition) is 4. The van der Waals surface area contributed by atoms with Crippen molar-refractivity contribution in [2.75, 3.05) is 19.6 Å². The van der Waals surface area contributed by atoms with Gasteiger partial charge in [0.2, 0.25) is 5.91 Å². The minimum atomic E-state index is -0.121. The maximum atomic E-state index is 13.1. The number of fused-ring (bicyclic) bond motifs is 1. The number of rotatable bonds is 2. The second kappa shape index (κ2) is 6.02. The molecule has 0 aromatic heterocycles. The van der Waals surface area contributed by atoms with Gasteiger partial charge in [0.15, 0.2) is 0 Å². The summed E-state index contributed by atoms with van der Waals surface area (Å²) in [5.74, 6) is 0.772. The predicted molar refractivity (Wildman–Crippen MR) is 90.3 cm³/mol. The average Bonchev–Trinajstić information content (AvgIpc) is 3.16. The Morgan fingerprint density at radius 3 is 2.83 bits per heavy atom. The predicted octanol–water partition coefficient (Wildman–Crippen LogP) is 0.980. The number of likely N-dealkylation sites (tertiary alicyclic amines) is 1. The van der Waals surface area contributed by atoms with Gasteiger partial charge in [0.05, 0.1) is 6.04 Å². The van der Waals surface area contributed by atoms with Crippen molar-refractivity contribution >= 4 is 17.5 Å². The van der Waals surface area contributed by atoms with Crippen molar-refractivity contribution in [2.45, 2.75) is 25.8 Å². The molecule has 0 radical (unpaired) electrons. The van der Waals surface area contributed by atoms with Crippen LogP contribution in [0.4, 0.5) is 0 Å². The lowest BCUT2D eigenvalue weighted by molar-refractivity contribution is -0.126. The second-order valence-electron chi connectivity index (χ2n) is 6.93. The molecule has 0 spiro atoms. The molecule has 2 N–H and O–H groups in total. The van der Waals surface area contributed by atoms with Crippen molar-refractivity contribution in [1.29, 1.82) is 0 Å². The minimum absolute atomic E-state index is 0.0300. The van der Waals surface area contributed by atoms with Gasteiger partial charge < -0.3 is 10.2 Å². The monoisotopic (exact) mass is 326 g/mol. The Morgan fingerprint density at radius 2 is 2.08 bits per heavy atom. The van der Waals surface area contributed by atoms with Crippen molar-refractivity contribution in [3.63, 3.8) is 0 Å². The Balaban J connectivity index is 1.67. The van der Waals surface area contributed by atoms with Gasteiger partial charge in [-0.1, -0.05) is 24.3 Å². The molecule has 6 heteroatoms. The van der Waals surface area contributed by atoms with E-state index in [0.717, 1.165) is 19.6 Å². The van der Waals surface area contributed by atoms with Gasteiger partial charge in [0, 0.05) is 38.4 Å². The van der Waals surface area contributed by atoms with E-state index in [1.165, 1.54) is 11.1 Å². The third-order valence-electron chi connectivity index (χ3n) is 5.48. The maximum absolute atomic E-state index is 13.1. The van der Waals surface area contributed by atoms with Crippen LogP contribution in [0.5, 0.6) is 0 Å². The number of aryl methyl sites for hydroxylation is 1. The molecule has 6 nitrogen and oxygen atoms in total. The van der Waals surface area contributed by atoms with E-state index in [-0.39, 0.29) is 17.9 Å². The average molecular weight is 326 g/mol. The number of hydrogen-bond donors (Lipinski definition) is 2. The Bertz CT molecular complexity index is 715. The van der Waals surface area contributed by atoms with Crippen LogP contribution in [-0.4, -0.2) is 42.1 Å². The molecule has 0 unspecified atom stereocenters. The van der Waals surface area contributed by atoms with Crippen molar-refractivity contribution in [3.8, 4) is 0 Å². The van der Waals surface area contributed by atoms with E-state index in [0.29, 0.717) is 30.4 Å². The van der Waals surface area contributed by atoms with Gasteiger partial charge in [0.1, 0.15) is 5.71 Å². The Kier molecular flexibility index (Phi) is 3.84. The van der Waals surface area contributed by atoms with Gasteiger partial charge in [-0.2, -0.15) is 5.10 Å². The number of amides is 2. The molecular formula is C18H22N4O2. The lowest BCUT2D eigenvalue weighted by atomic mass is 9.87. The van der Waals surface area contributed by atoms with E-state index in [1.807, 2.05) is 17.0 Å². The molecule has 3 atom stereocenters. The summed E-state index contributed by atoms with van der Waals surface area (Å²) in [6.07, 6.45) is 0.761. The maximum Gasteiger partial charge on any atom is 0.270 e. The molecule has 0 bridgehead atoms. The number of nitrogens with zero attached hydrogens (tertiary/aromatic N) is 2. The number of nitrogens with one attached hydrogen (secondary N) is 2. The SMILES string of the molecule is Cc1ccccc1[C@@H]1[C@H]2CNC[C@H]2CN1C(=O)C1=NNC(=O)CC1. The zero-order valence-electron chi connectivity index (χ0n) is 13.8. The molecule has 0 aliphatic carbocycles. The molecule has 4 rings (SSSR count). The zero-order chi connectivity index (χ0) is 16.7. The van der Waals surface area contributed by atoms with Crippen LogP contribution in [0.25, 0.3) is 0 Å². The first-order valence-electron chi connectivity index (χ1n) is 8.58. The first-order valence-corrected chi connectivity index (χ1v) is 8.58.